The van der Waals surface area contributed by atoms with E-state index in [1.807, 2.05) is 6.92 Å². The monoisotopic (exact) mass is 889 g/mol. The van der Waals surface area contributed by atoms with Gasteiger partial charge in [0.05, 0.1) is 0 Å². The van der Waals surface area contributed by atoms with Crippen LogP contribution in [-0.2, 0) is 9.27 Å². The predicted octanol–water partition coefficient (Wildman–Crippen LogP) is -9.03. The zero-order valence-electron chi connectivity index (χ0n) is 21.6. The second-order valence-electron chi connectivity index (χ2n) is 1.50. The van der Waals surface area contributed by atoms with E-state index < -0.39 is 22.5 Å². The summed E-state index contributed by atoms with van der Waals surface area (Å²) < 4.78 is 43.6. The third kappa shape index (κ3) is 2640. The van der Waals surface area contributed by atoms with Gasteiger partial charge in [-0.25, -0.2) is 16.0 Å². The topological polar surface area (TPSA) is 283 Å². The predicted molar refractivity (Wildman–Crippen MR) is 182 cm³/mol. The van der Waals surface area contributed by atoms with Gasteiger partial charge in [0.15, 0.2) is 5.70 Å². The van der Waals surface area contributed by atoms with Gasteiger partial charge in [0.25, 0.3) is 0 Å². The van der Waals surface area contributed by atoms with Crippen LogP contribution in [0.15, 0.2) is 0 Å². The van der Waals surface area contributed by atoms with Gasteiger partial charge < -0.3 is 63.5 Å². The molecule has 0 saturated carbocycles. The Bertz CT molecular complexity index is 312. The summed E-state index contributed by atoms with van der Waals surface area (Å²) >= 11 is 16.5. The first kappa shape index (κ1) is 126. The molecule has 205 valence electrons. The molecule has 0 aliphatic heterocycles. The van der Waals surface area contributed by atoms with E-state index in [2.05, 4.69) is 136 Å². The summed E-state index contributed by atoms with van der Waals surface area (Å²) in [4.78, 5) is 21.6. The zero-order valence-corrected chi connectivity index (χ0v) is 35.3. The van der Waals surface area contributed by atoms with Crippen molar-refractivity contribution in [3.05, 3.63) is 0 Å². The molecule has 40 heteroatoms. The standard InChI is InChI=1S/C2H7N.BCl.3BF.BI.BN.2BO3.BO.BP.3BS.B.3Ca.H3O4P/c1-2-3;6*1-2;2*2-1(3)4;5*1-2;;;;;1-5(2,3)4/h2-3H2,1H3;;;;;;;;;;;;;;;;;;(H3,1,2,3,4)/q;;;;;;;2*-3;;;;;;;3*+2;. The minimum Gasteiger partial charge on any atom is -0.907 e. The van der Waals surface area contributed by atoms with Crippen molar-refractivity contribution in [1.82, 2.24) is 0 Å². The van der Waals surface area contributed by atoms with E-state index in [0.29, 0.717) is 0 Å². The molecule has 0 unspecified atom stereocenters. The molecule has 5 N–H and O–H groups in total. The molecular formula is C2H10B14Ca3ClF3IN2O11P2S3. The fourth-order valence-electron chi connectivity index (χ4n) is 0. The van der Waals surface area contributed by atoms with Gasteiger partial charge in [-0.2, -0.15) is 22.4 Å². The Morgan fingerprint density at radius 3 is 0.762 bits per heavy atom. The van der Waals surface area contributed by atoms with E-state index in [-0.39, 0.29) is 122 Å². The van der Waals surface area contributed by atoms with Gasteiger partial charge >= 0.3 is 242 Å². The van der Waals surface area contributed by atoms with Gasteiger partial charge in [0.2, 0.25) is 7.26 Å². The maximum atomic E-state index is 9.00. The summed E-state index contributed by atoms with van der Waals surface area (Å²) in [5.41, 5.74) is 9.32. The summed E-state index contributed by atoms with van der Waals surface area (Å²) in [6.07, 6.45) is 0. The number of nitrogens with zero attached hydrogens (tertiary/aromatic N) is 1. The van der Waals surface area contributed by atoms with Gasteiger partial charge in [-0.05, 0) is 6.54 Å². The fraction of sp³-hybridized carbons (Fsp3) is 1.00. The third-order valence-corrected chi connectivity index (χ3v) is 0. The fourth-order valence-corrected chi connectivity index (χ4v) is 0. The summed E-state index contributed by atoms with van der Waals surface area (Å²) in [5.74, 6) is 0. The van der Waals surface area contributed by atoms with E-state index in [0.717, 1.165) is 6.54 Å². The normalized spacial score (nSPS) is 4.24. The van der Waals surface area contributed by atoms with Crippen LogP contribution < -0.4 is 35.9 Å². The summed E-state index contributed by atoms with van der Waals surface area (Å²) in [5, 5.41) is 57.0. The molecule has 0 aliphatic rings. The molecule has 0 aromatic carbocycles. The van der Waals surface area contributed by atoms with Crippen LogP contribution in [0.25, 0.3) is 0 Å². The van der Waals surface area contributed by atoms with Gasteiger partial charge in [0, 0.05) is 8.41 Å². The van der Waals surface area contributed by atoms with Crippen molar-refractivity contribution >= 4 is 302 Å². The first-order valence-electron chi connectivity index (χ1n) is 5.86. The SMILES string of the molecule is B#N.B#P.CCN.O=P(O)(O)O.[B].[B]=O.[B]=S.[B]=S.[B]=S.[B]Cl.[B]F.[B]F.[B]F.[B]I.[Ca+2].[Ca+2].[Ca+2].[O-]B([O-])[O-].[O-]B([O-])[O-]. The van der Waals surface area contributed by atoms with Crippen molar-refractivity contribution in [2.75, 3.05) is 6.54 Å². The minimum atomic E-state index is -4.64. The van der Waals surface area contributed by atoms with Gasteiger partial charge in [-0.15, -0.1) is 0 Å². The van der Waals surface area contributed by atoms with Crippen LogP contribution in [0.1, 0.15) is 6.92 Å². The molecule has 13 nitrogen and oxygen atoms in total. The number of nitrogens with two attached hydrogens (primary N) is 1. The first-order valence-corrected chi connectivity index (χ1v) is 11.0. The second kappa shape index (κ2) is 276. The van der Waals surface area contributed by atoms with E-state index in [1.165, 1.54) is 0 Å². The largest absolute Gasteiger partial charge is 2.00 e. The zero-order chi connectivity index (χ0) is 36.4. The molecule has 0 heterocycles. The average molecular weight is 887 g/mol. The molecule has 42 heavy (non-hydrogen) atoms. The third-order valence-electron chi connectivity index (χ3n) is 0. The maximum absolute atomic E-state index is 9.00. The molecule has 17 radical (unpaired) electrons. The van der Waals surface area contributed by atoms with Crippen molar-refractivity contribution in [3.8, 4) is 0 Å². The summed E-state index contributed by atoms with van der Waals surface area (Å²) in [6, 6.07) is 0. The number of hydrogen-bond donors (Lipinski definition) is 4. The Morgan fingerprint density at radius 1 is 0.762 bits per heavy atom. The van der Waals surface area contributed by atoms with E-state index in [1.54, 1.807) is 22.4 Å². The van der Waals surface area contributed by atoms with Crippen molar-refractivity contribution in [2.24, 2.45) is 5.73 Å². The minimum absolute atomic E-state index is 0. The van der Waals surface area contributed by atoms with Gasteiger partial charge in [0.1, 0.15) is 0 Å². The molecule has 0 spiro atoms. The van der Waals surface area contributed by atoms with Gasteiger partial charge in [-0.1, -0.05) is 6.92 Å². The van der Waals surface area contributed by atoms with Crippen LogP contribution >= 0.6 is 86.4 Å². The Morgan fingerprint density at radius 2 is 0.762 bits per heavy atom. The molecule has 0 saturated heterocycles. The van der Waals surface area contributed by atoms with Crippen LogP contribution in [-0.4, -0.2) is 237 Å². The van der Waals surface area contributed by atoms with E-state index >= 15 is 0 Å². The quantitative estimate of drug-likeness (QED) is 0.0999. The Balaban J connectivity index is -0.00000000801. The Labute approximate surface area is 387 Å². The van der Waals surface area contributed by atoms with E-state index in [9.17, 15) is 0 Å². The summed E-state index contributed by atoms with van der Waals surface area (Å²) in [7, 11) is 16.5. The molecule has 0 aromatic rings. The molecule has 0 bridgehead atoms. The molecule has 0 rings (SSSR count). The van der Waals surface area contributed by atoms with E-state index in [4.69, 9.17) is 77.9 Å². The molecule has 0 fully saturated rings. The number of rotatable bonds is 0. The number of phosphoric acid groups is 1. The second-order valence-corrected chi connectivity index (χ2v) is 2.53. The van der Waals surface area contributed by atoms with Crippen molar-refractivity contribution < 1.29 is 67.0 Å². The molecule has 0 aliphatic carbocycles. The van der Waals surface area contributed by atoms with Crippen LogP contribution in [0.2, 0.25) is 0 Å². The number of halogens is 5. The molecule has 0 amide bonds. The maximum Gasteiger partial charge on any atom is 2.00 e. The molecule has 0 atom stereocenters. The molecular weight excluding hydrogens is 877 g/mol. The first-order chi connectivity index (χ1) is 17.9. The Hall–Kier alpha value is 5.93. The van der Waals surface area contributed by atoms with Crippen molar-refractivity contribution in [3.63, 3.8) is 0 Å². The van der Waals surface area contributed by atoms with Crippen LogP contribution in [0.4, 0.5) is 12.9 Å². The van der Waals surface area contributed by atoms with Crippen LogP contribution in [0.5, 0.6) is 0 Å². The molecule has 0 aromatic heterocycles. The van der Waals surface area contributed by atoms with Gasteiger partial charge in [-0.3, -0.25) is 14.6 Å². The number of hydrogen-bond acceptors (Lipinski definition) is 13. The smallest absolute Gasteiger partial charge is 0.907 e. The summed E-state index contributed by atoms with van der Waals surface area (Å²) in [6.45, 7) is 14.9. The van der Waals surface area contributed by atoms with Crippen molar-refractivity contribution in [1.29, 1.82) is 5.16 Å². The Kier molecular flexibility index (Phi) is 830. The van der Waals surface area contributed by atoms with Crippen LogP contribution in [0.3, 0.4) is 0 Å². The average Bonchev–Trinajstić information content (AvgIpc) is 2.95. The van der Waals surface area contributed by atoms with Crippen LogP contribution in [0, 0.1) is 5.16 Å². The van der Waals surface area contributed by atoms with Crippen molar-refractivity contribution in [2.45, 2.75) is 6.92 Å².